The van der Waals surface area contributed by atoms with Crippen molar-refractivity contribution in [3.05, 3.63) is 42.5 Å². The van der Waals surface area contributed by atoms with Gasteiger partial charge in [0.05, 0.1) is 0 Å². The van der Waals surface area contributed by atoms with Gasteiger partial charge in [0.1, 0.15) is 5.75 Å². The first-order valence-electron chi connectivity index (χ1n) is 5.34. The van der Waals surface area contributed by atoms with E-state index in [1.54, 1.807) is 24.3 Å². The number of carboxylic acid groups (broad SMARTS) is 1. The summed E-state index contributed by atoms with van der Waals surface area (Å²) in [5.41, 5.74) is 0.910. The van der Waals surface area contributed by atoms with Gasteiger partial charge in [0, 0.05) is 12.5 Å². The number of aryl methyl sites for hydroxylation is 1. The number of carbonyl (C=O) groups is 2. The zero-order valence-corrected chi connectivity index (χ0v) is 9.80. The topological polar surface area (TPSA) is 72.8 Å². The number of hydrogen-bond donors (Lipinski definition) is 1. The summed E-state index contributed by atoms with van der Waals surface area (Å²) < 4.78 is 9.80. The molecular weight excluding hydrogens is 260 g/mol. The maximum absolute atomic E-state index is 10.7. The van der Waals surface area contributed by atoms with Gasteiger partial charge in [0.15, 0.2) is 0 Å². The van der Waals surface area contributed by atoms with Crippen LogP contribution >= 0.6 is 0 Å². The van der Waals surface area contributed by atoms with Crippen LogP contribution in [0.5, 0.6) is 5.75 Å². The van der Waals surface area contributed by atoms with Crippen molar-refractivity contribution in [1.29, 1.82) is 0 Å². The molecule has 0 aliphatic rings. The van der Waals surface area contributed by atoms with Crippen molar-refractivity contribution in [2.45, 2.75) is 27.7 Å². The number of ether oxygens (including phenoxy) is 2. The summed E-state index contributed by atoms with van der Waals surface area (Å²) in [4.78, 5) is 21.1. The van der Waals surface area contributed by atoms with E-state index in [-0.39, 0.29) is 28.1 Å². The van der Waals surface area contributed by atoms with Crippen molar-refractivity contribution in [2.24, 2.45) is 0 Å². The molecule has 5 nitrogen and oxygen atoms in total. The number of rotatable bonds is 7. The summed E-state index contributed by atoms with van der Waals surface area (Å²) in [5.74, 6) is -0.828. The molecule has 0 heterocycles. The van der Waals surface area contributed by atoms with E-state index in [0.29, 0.717) is 12.2 Å². The van der Waals surface area contributed by atoms with Crippen molar-refractivity contribution in [1.82, 2.24) is 0 Å². The Labute approximate surface area is 119 Å². The van der Waals surface area contributed by atoms with Gasteiger partial charge in [-0.3, -0.25) is 4.79 Å². The van der Waals surface area contributed by atoms with E-state index in [0.717, 1.165) is 11.6 Å². The van der Waals surface area contributed by atoms with E-state index >= 15 is 0 Å². The molecule has 0 aliphatic heterocycles. The average Bonchev–Trinajstić information content (AvgIpc) is 2.37. The summed E-state index contributed by atoms with van der Waals surface area (Å²) in [7, 11) is 0. The van der Waals surface area contributed by atoms with E-state index in [2.05, 4.69) is 11.3 Å². The number of hydrogen-bond acceptors (Lipinski definition) is 4. The molecule has 1 N–H and O–H groups in total. The van der Waals surface area contributed by atoms with Gasteiger partial charge >= 0.3 is 11.9 Å². The zero-order valence-electron chi connectivity index (χ0n) is 9.80. The fourth-order valence-corrected chi connectivity index (χ4v) is 1.22. The van der Waals surface area contributed by atoms with E-state index in [4.69, 9.17) is 9.84 Å². The highest BCUT2D eigenvalue weighted by molar-refractivity contribution is 5.81. The third-order valence-electron chi connectivity index (χ3n) is 2.14. The molecule has 0 fully saturated rings. The summed E-state index contributed by atoms with van der Waals surface area (Å²) in [6, 6.07) is 6.93. The third kappa shape index (κ3) is 7.92. The van der Waals surface area contributed by atoms with Crippen molar-refractivity contribution in [3.8, 4) is 5.75 Å². The molecule has 0 aromatic heterocycles. The molecule has 1 aromatic rings. The second-order valence-corrected chi connectivity index (χ2v) is 3.47. The van der Waals surface area contributed by atoms with Crippen LogP contribution in [0.25, 0.3) is 0 Å². The largest absolute Gasteiger partial charge is 0.481 e. The van der Waals surface area contributed by atoms with Crippen LogP contribution in [0.3, 0.4) is 0 Å². The van der Waals surface area contributed by atoms with Crippen LogP contribution in [0, 0.1) is 0 Å². The van der Waals surface area contributed by atoms with Gasteiger partial charge in [-0.15, -0.1) is 0 Å². The molecule has 0 unspecified atom stereocenters. The Kier molecular flexibility index (Phi) is 10.6. The highest BCUT2D eigenvalue weighted by Gasteiger charge is 2.00. The number of esters is 1. The fourth-order valence-electron chi connectivity index (χ4n) is 1.22. The average molecular weight is 282 g/mol. The van der Waals surface area contributed by atoms with E-state index in [9.17, 15) is 9.59 Å². The Morgan fingerprint density at radius 1 is 1.20 bits per heavy atom. The van der Waals surface area contributed by atoms with Crippen LogP contribution in [0.1, 0.15) is 26.8 Å². The van der Waals surface area contributed by atoms with Crippen LogP contribution < -0.4 is 4.74 Å². The Hall–Kier alpha value is -2.30. The molecule has 112 valence electrons. The standard InChI is InChI=1S/C13H14O5.2CH4/c1-2-13(16)18-9-17-11-6-3-10(4-7-11)5-8-12(14)15;;/h2-4,6-7H,1,5,8-9H2,(H,14,15);2*1H4. The maximum atomic E-state index is 10.7. The molecule has 20 heavy (non-hydrogen) atoms. The van der Waals surface area contributed by atoms with Crippen molar-refractivity contribution in [3.63, 3.8) is 0 Å². The lowest BCUT2D eigenvalue weighted by atomic mass is 10.1. The normalized spacial score (nSPS) is 8.60. The lowest BCUT2D eigenvalue weighted by Gasteiger charge is -2.06. The molecule has 0 bridgehead atoms. The van der Waals surface area contributed by atoms with Crippen molar-refractivity contribution < 1.29 is 24.2 Å². The predicted molar refractivity (Wildman–Crippen MR) is 77.6 cm³/mol. The first-order chi connectivity index (χ1) is 8.61. The molecule has 5 heteroatoms. The number of carbonyl (C=O) groups excluding carboxylic acids is 1. The minimum atomic E-state index is -0.827. The molecule has 0 amide bonds. The Morgan fingerprint density at radius 2 is 1.80 bits per heavy atom. The Balaban J connectivity index is 0. The van der Waals surface area contributed by atoms with Crippen molar-refractivity contribution in [2.75, 3.05) is 6.79 Å². The molecular formula is C15H22O5. The number of benzene rings is 1. The molecule has 0 saturated carbocycles. The van der Waals surface area contributed by atoms with Gasteiger partial charge in [-0.05, 0) is 24.1 Å². The van der Waals surface area contributed by atoms with Crippen LogP contribution in [-0.2, 0) is 20.7 Å². The summed E-state index contributed by atoms with van der Waals surface area (Å²) in [6.07, 6.45) is 1.62. The maximum Gasteiger partial charge on any atom is 0.333 e. The molecule has 0 aliphatic carbocycles. The highest BCUT2D eigenvalue weighted by atomic mass is 16.7. The van der Waals surface area contributed by atoms with Gasteiger partial charge in [-0.2, -0.15) is 0 Å². The second kappa shape index (κ2) is 10.6. The van der Waals surface area contributed by atoms with Gasteiger partial charge in [0.25, 0.3) is 0 Å². The molecule has 0 spiro atoms. The first-order valence-corrected chi connectivity index (χ1v) is 5.34. The Morgan fingerprint density at radius 3 is 2.30 bits per heavy atom. The van der Waals surface area contributed by atoms with E-state index in [1.807, 2.05) is 0 Å². The van der Waals surface area contributed by atoms with Gasteiger partial charge in [-0.1, -0.05) is 33.6 Å². The first kappa shape index (κ1) is 20.0. The summed E-state index contributed by atoms with van der Waals surface area (Å²) in [6.45, 7) is 3.07. The lowest BCUT2D eigenvalue weighted by molar-refractivity contribution is -0.144. The smallest absolute Gasteiger partial charge is 0.333 e. The van der Waals surface area contributed by atoms with Crippen LogP contribution in [0.4, 0.5) is 0 Å². The zero-order chi connectivity index (χ0) is 13.4. The molecule has 1 rings (SSSR count). The van der Waals surface area contributed by atoms with Crippen LogP contribution in [0.15, 0.2) is 36.9 Å². The summed E-state index contributed by atoms with van der Waals surface area (Å²) in [5, 5.41) is 8.54. The van der Waals surface area contributed by atoms with Crippen LogP contribution in [-0.4, -0.2) is 23.8 Å². The fraction of sp³-hybridized carbons (Fsp3) is 0.333. The number of carboxylic acids is 1. The van der Waals surface area contributed by atoms with Gasteiger partial charge in [-0.25, -0.2) is 4.79 Å². The minimum absolute atomic E-state index is 0. The molecule has 0 saturated heterocycles. The molecule has 0 radical (unpaired) electrons. The Bertz CT molecular complexity index is 422. The predicted octanol–water partition coefficient (Wildman–Crippen LogP) is 3.04. The van der Waals surface area contributed by atoms with Gasteiger partial charge < -0.3 is 14.6 Å². The molecule has 1 aromatic carbocycles. The van der Waals surface area contributed by atoms with Crippen LogP contribution in [0.2, 0.25) is 0 Å². The highest BCUT2D eigenvalue weighted by Crippen LogP contribution is 2.13. The van der Waals surface area contributed by atoms with E-state index in [1.165, 1.54) is 0 Å². The van der Waals surface area contributed by atoms with E-state index < -0.39 is 11.9 Å². The second-order valence-electron chi connectivity index (χ2n) is 3.47. The van der Waals surface area contributed by atoms with Crippen molar-refractivity contribution >= 4 is 11.9 Å². The molecule has 0 atom stereocenters. The lowest BCUT2D eigenvalue weighted by Crippen LogP contribution is -2.07. The van der Waals surface area contributed by atoms with Gasteiger partial charge in [0.2, 0.25) is 6.79 Å². The third-order valence-corrected chi connectivity index (χ3v) is 2.14. The minimum Gasteiger partial charge on any atom is -0.481 e. The SMILES string of the molecule is C.C.C=CC(=O)OCOc1ccc(CCC(=O)O)cc1. The summed E-state index contributed by atoms with van der Waals surface area (Å²) >= 11 is 0. The monoisotopic (exact) mass is 282 g/mol. The number of aliphatic carboxylic acids is 1. The quantitative estimate of drug-likeness (QED) is 0.473.